The van der Waals surface area contributed by atoms with Crippen LogP contribution in [0.4, 0.5) is 0 Å². The topological polar surface area (TPSA) is 58.4 Å². The maximum atomic E-state index is 11.8. The number of carbonyl (C=O) groups excluding carboxylic acids is 1. The molecule has 1 aliphatic rings. The molecular weight excluding hydrogens is 230 g/mol. The van der Waals surface area contributed by atoms with Gasteiger partial charge in [-0.25, -0.2) is 0 Å². The fourth-order valence-electron chi connectivity index (χ4n) is 2.44. The zero-order chi connectivity index (χ0) is 13.0. The van der Waals surface area contributed by atoms with Crippen LogP contribution in [0.2, 0.25) is 0 Å². The third-order valence-electron chi connectivity index (χ3n) is 3.49. The van der Waals surface area contributed by atoms with Gasteiger partial charge in [0.2, 0.25) is 5.91 Å². The number of aryl methyl sites for hydroxylation is 1. The van der Waals surface area contributed by atoms with Gasteiger partial charge in [0.05, 0.1) is 18.3 Å². The summed E-state index contributed by atoms with van der Waals surface area (Å²) in [5, 5.41) is 6.73. The molecule has 1 aliphatic heterocycles. The minimum absolute atomic E-state index is 0.0288. The molecule has 18 heavy (non-hydrogen) atoms. The van der Waals surface area contributed by atoms with Crippen molar-refractivity contribution in [2.75, 3.05) is 13.6 Å². The quantitative estimate of drug-likeness (QED) is 0.877. The van der Waals surface area contributed by atoms with Gasteiger partial charge in [0, 0.05) is 13.1 Å². The number of rotatable bonds is 4. The molecule has 1 amide bonds. The van der Waals surface area contributed by atoms with Crippen molar-refractivity contribution in [2.24, 2.45) is 0 Å². The lowest BCUT2D eigenvalue weighted by molar-refractivity contribution is -0.127. The van der Waals surface area contributed by atoms with Crippen molar-refractivity contribution in [1.29, 1.82) is 0 Å². The number of nitrogens with zero attached hydrogens (tertiary/aromatic N) is 2. The van der Waals surface area contributed by atoms with Gasteiger partial charge in [0.1, 0.15) is 0 Å². The van der Waals surface area contributed by atoms with Gasteiger partial charge in [-0.3, -0.25) is 9.69 Å². The second-order valence-electron chi connectivity index (χ2n) is 4.73. The van der Waals surface area contributed by atoms with Crippen LogP contribution in [0.25, 0.3) is 0 Å². The highest BCUT2D eigenvalue weighted by Gasteiger charge is 2.28. The van der Waals surface area contributed by atoms with E-state index < -0.39 is 0 Å². The van der Waals surface area contributed by atoms with Crippen LogP contribution >= 0.6 is 0 Å². The zero-order valence-corrected chi connectivity index (χ0v) is 11.1. The summed E-state index contributed by atoms with van der Waals surface area (Å²) in [6, 6.07) is 1.95. The van der Waals surface area contributed by atoms with Gasteiger partial charge in [-0.2, -0.15) is 0 Å². The molecule has 1 atom stereocenters. The van der Waals surface area contributed by atoms with Crippen molar-refractivity contribution in [3.05, 3.63) is 17.5 Å². The summed E-state index contributed by atoms with van der Waals surface area (Å²) in [4.78, 5) is 14.0. The van der Waals surface area contributed by atoms with E-state index in [0.29, 0.717) is 6.54 Å². The molecule has 5 nitrogen and oxygen atoms in total. The first kappa shape index (κ1) is 13.1. The van der Waals surface area contributed by atoms with Gasteiger partial charge in [0.15, 0.2) is 5.76 Å². The van der Waals surface area contributed by atoms with Crippen LogP contribution in [-0.4, -0.2) is 35.6 Å². The highest BCUT2D eigenvalue weighted by molar-refractivity contribution is 5.81. The third-order valence-corrected chi connectivity index (χ3v) is 3.49. The molecule has 0 aromatic carbocycles. The third kappa shape index (κ3) is 2.90. The maximum absolute atomic E-state index is 11.8. The molecule has 0 bridgehead atoms. The van der Waals surface area contributed by atoms with E-state index >= 15 is 0 Å². The van der Waals surface area contributed by atoms with E-state index in [4.69, 9.17) is 4.52 Å². The van der Waals surface area contributed by atoms with E-state index in [-0.39, 0.29) is 11.9 Å². The highest BCUT2D eigenvalue weighted by atomic mass is 16.5. The molecule has 1 aromatic rings. The highest BCUT2D eigenvalue weighted by Crippen LogP contribution is 2.20. The van der Waals surface area contributed by atoms with Gasteiger partial charge >= 0.3 is 0 Å². The van der Waals surface area contributed by atoms with Crippen LogP contribution in [0.1, 0.15) is 37.6 Å². The molecule has 0 radical (unpaired) electrons. The molecule has 1 fully saturated rings. The van der Waals surface area contributed by atoms with E-state index in [1.54, 1.807) is 7.05 Å². The van der Waals surface area contributed by atoms with E-state index in [9.17, 15) is 4.79 Å². The Hall–Kier alpha value is -1.36. The first-order chi connectivity index (χ1) is 8.74. The van der Waals surface area contributed by atoms with Crippen molar-refractivity contribution < 1.29 is 9.32 Å². The number of likely N-dealkylation sites (N-methyl/N-ethyl adjacent to an activating group) is 1. The second kappa shape index (κ2) is 6.00. The molecule has 100 valence electrons. The predicted octanol–water partition coefficient (Wildman–Crippen LogP) is 1.34. The summed E-state index contributed by atoms with van der Waals surface area (Å²) < 4.78 is 5.30. The van der Waals surface area contributed by atoms with Gasteiger partial charge in [-0.15, -0.1) is 0 Å². The fraction of sp³-hybridized carbons (Fsp3) is 0.692. The maximum Gasteiger partial charge on any atom is 0.237 e. The van der Waals surface area contributed by atoms with Crippen molar-refractivity contribution in [3.63, 3.8) is 0 Å². The summed E-state index contributed by atoms with van der Waals surface area (Å²) >= 11 is 0. The van der Waals surface area contributed by atoms with Crippen molar-refractivity contribution in [2.45, 2.75) is 45.2 Å². The molecule has 2 heterocycles. The van der Waals surface area contributed by atoms with Crippen molar-refractivity contribution in [3.8, 4) is 0 Å². The minimum Gasteiger partial charge on any atom is -0.360 e. The van der Waals surface area contributed by atoms with Crippen molar-refractivity contribution in [1.82, 2.24) is 15.4 Å². The Morgan fingerprint density at radius 3 is 3.11 bits per heavy atom. The second-order valence-corrected chi connectivity index (χ2v) is 4.73. The minimum atomic E-state index is -0.0288. The molecule has 1 aromatic heterocycles. The average Bonchev–Trinajstić information content (AvgIpc) is 2.86. The number of hydrogen-bond donors (Lipinski definition) is 1. The SMILES string of the molecule is CCc1cc(CN2CCCC[C@@H]2C(=O)NC)on1. The lowest BCUT2D eigenvalue weighted by atomic mass is 10.0. The largest absolute Gasteiger partial charge is 0.360 e. The molecule has 1 saturated heterocycles. The van der Waals surface area contributed by atoms with Gasteiger partial charge < -0.3 is 9.84 Å². The van der Waals surface area contributed by atoms with Gasteiger partial charge in [-0.1, -0.05) is 18.5 Å². The Labute approximate surface area is 108 Å². The Morgan fingerprint density at radius 1 is 1.61 bits per heavy atom. The molecule has 0 spiro atoms. The number of hydrogen-bond acceptors (Lipinski definition) is 4. The summed E-state index contributed by atoms with van der Waals surface area (Å²) in [6.45, 7) is 3.67. The molecule has 0 saturated carbocycles. The number of aromatic nitrogens is 1. The number of likely N-dealkylation sites (tertiary alicyclic amines) is 1. The van der Waals surface area contributed by atoms with E-state index in [2.05, 4.69) is 22.3 Å². The van der Waals surface area contributed by atoms with Gasteiger partial charge in [0.25, 0.3) is 0 Å². The van der Waals surface area contributed by atoms with Crippen LogP contribution in [0, 0.1) is 0 Å². The smallest absolute Gasteiger partial charge is 0.237 e. The Morgan fingerprint density at radius 2 is 2.44 bits per heavy atom. The first-order valence-electron chi connectivity index (χ1n) is 6.64. The van der Waals surface area contributed by atoms with E-state index in [1.807, 2.05) is 6.07 Å². The Balaban J connectivity index is 2.02. The summed E-state index contributed by atoms with van der Waals surface area (Å²) in [5.41, 5.74) is 0.971. The van der Waals surface area contributed by atoms with Crippen LogP contribution in [0.5, 0.6) is 0 Å². The molecule has 0 aliphatic carbocycles. The number of piperidine rings is 1. The fourth-order valence-corrected chi connectivity index (χ4v) is 2.44. The van der Waals surface area contributed by atoms with Crippen LogP contribution in [-0.2, 0) is 17.8 Å². The van der Waals surface area contributed by atoms with Crippen LogP contribution in [0.3, 0.4) is 0 Å². The lowest BCUT2D eigenvalue weighted by Crippen LogP contribution is -2.48. The normalized spacial score (nSPS) is 20.9. The van der Waals surface area contributed by atoms with Crippen LogP contribution in [0.15, 0.2) is 10.6 Å². The molecule has 2 rings (SSSR count). The number of nitrogens with one attached hydrogen (secondary N) is 1. The number of amides is 1. The first-order valence-corrected chi connectivity index (χ1v) is 6.64. The summed E-state index contributed by atoms with van der Waals surface area (Å²) in [5.74, 6) is 0.951. The standard InChI is InChI=1S/C13H21N3O2/c1-3-10-8-11(18-15-10)9-16-7-5-4-6-12(16)13(17)14-2/h8,12H,3-7,9H2,1-2H3,(H,14,17)/t12-/m1/s1. The van der Waals surface area contributed by atoms with Crippen molar-refractivity contribution >= 4 is 5.91 Å². The lowest BCUT2D eigenvalue weighted by Gasteiger charge is -2.33. The Kier molecular flexibility index (Phi) is 4.36. The molecule has 5 heteroatoms. The monoisotopic (exact) mass is 251 g/mol. The molecule has 0 unspecified atom stereocenters. The number of carbonyl (C=O) groups is 1. The van der Waals surface area contributed by atoms with Gasteiger partial charge in [-0.05, 0) is 25.8 Å². The predicted molar refractivity (Wildman–Crippen MR) is 68.0 cm³/mol. The van der Waals surface area contributed by atoms with E-state index in [0.717, 1.165) is 43.7 Å². The molecule has 1 N–H and O–H groups in total. The Bertz CT molecular complexity index is 403. The van der Waals surface area contributed by atoms with Crippen LogP contribution < -0.4 is 5.32 Å². The summed E-state index contributed by atoms with van der Waals surface area (Å²) in [6.07, 6.45) is 4.06. The average molecular weight is 251 g/mol. The van der Waals surface area contributed by atoms with E-state index in [1.165, 1.54) is 0 Å². The zero-order valence-electron chi connectivity index (χ0n) is 11.1. The molecular formula is C13H21N3O2. The summed E-state index contributed by atoms with van der Waals surface area (Å²) in [7, 11) is 1.69.